The van der Waals surface area contributed by atoms with Gasteiger partial charge in [0.15, 0.2) is 0 Å². The molecule has 23 heavy (non-hydrogen) atoms. The first-order valence-corrected chi connectivity index (χ1v) is 8.05. The Morgan fingerprint density at radius 2 is 2.04 bits per heavy atom. The summed E-state index contributed by atoms with van der Waals surface area (Å²) in [6.45, 7) is 6.29. The zero-order valence-electron chi connectivity index (χ0n) is 14.2. The summed E-state index contributed by atoms with van der Waals surface area (Å²) in [7, 11) is 1.81. The number of allylic oxidation sites excluding steroid dienone is 2. The van der Waals surface area contributed by atoms with Gasteiger partial charge in [-0.2, -0.15) is 0 Å². The summed E-state index contributed by atoms with van der Waals surface area (Å²) in [5, 5.41) is 0.988. The van der Waals surface area contributed by atoms with Gasteiger partial charge in [-0.1, -0.05) is 23.8 Å². The fraction of sp³-hybridized carbons (Fsp3) is 0.350. The highest BCUT2D eigenvalue weighted by atomic mass is 16.5. The molecule has 3 heteroatoms. The molecule has 0 saturated heterocycles. The Bertz CT molecular complexity index is 869. The molecule has 0 aliphatic carbocycles. The van der Waals surface area contributed by atoms with Crippen LogP contribution in [0.5, 0.6) is 5.75 Å². The highest BCUT2D eigenvalue weighted by Crippen LogP contribution is 2.37. The molecule has 1 aliphatic rings. The van der Waals surface area contributed by atoms with Gasteiger partial charge in [0.05, 0.1) is 11.1 Å². The summed E-state index contributed by atoms with van der Waals surface area (Å²) >= 11 is 0. The molecule has 3 nitrogen and oxygen atoms in total. The third-order valence-corrected chi connectivity index (χ3v) is 4.42. The Morgan fingerprint density at radius 1 is 1.30 bits per heavy atom. The van der Waals surface area contributed by atoms with Crippen molar-refractivity contribution in [2.45, 2.75) is 39.2 Å². The Hall–Kier alpha value is -2.29. The smallest absolute Gasteiger partial charge is 0.261 e. The van der Waals surface area contributed by atoms with E-state index in [0.29, 0.717) is 11.3 Å². The molecular formula is C20H23NO2. The fourth-order valence-electron chi connectivity index (χ4n) is 3.06. The van der Waals surface area contributed by atoms with Crippen molar-refractivity contribution >= 4 is 17.0 Å². The molecule has 2 heterocycles. The van der Waals surface area contributed by atoms with Crippen LogP contribution in [0.25, 0.3) is 17.0 Å². The van der Waals surface area contributed by atoms with Crippen LogP contribution in [0.4, 0.5) is 0 Å². The summed E-state index contributed by atoms with van der Waals surface area (Å²) in [4.78, 5) is 12.6. The van der Waals surface area contributed by atoms with Crippen LogP contribution in [0.3, 0.4) is 0 Å². The zero-order chi connectivity index (χ0) is 16.6. The van der Waals surface area contributed by atoms with Crippen molar-refractivity contribution in [2.75, 3.05) is 0 Å². The van der Waals surface area contributed by atoms with E-state index in [2.05, 4.69) is 26.8 Å². The van der Waals surface area contributed by atoms with Gasteiger partial charge in [0, 0.05) is 12.4 Å². The second-order valence-electron chi connectivity index (χ2n) is 6.69. The van der Waals surface area contributed by atoms with E-state index < -0.39 is 0 Å². The van der Waals surface area contributed by atoms with Crippen molar-refractivity contribution in [3.63, 3.8) is 0 Å². The van der Waals surface area contributed by atoms with Crippen LogP contribution in [0.15, 0.2) is 46.8 Å². The van der Waals surface area contributed by atoms with Crippen LogP contribution in [0.1, 0.15) is 39.2 Å². The van der Waals surface area contributed by atoms with Crippen LogP contribution in [0.2, 0.25) is 0 Å². The van der Waals surface area contributed by atoms with Gasteiger partial charge >= 0.3 is 0 Å². The second kappa shape index (κ2) is 5.73. The minimum Gasteiger partial charge on any atom is -0.482 e. The van der Waals surface area contributed by atoms with E-state index in [0.717, 1.165) is 23.7 Å². The average Bonchev–Trinajstić information content (AvgIpc) is 2.52. The molecular weight excluding hydrogens is 286 g/mol. The van der Waals surface area contributed by atoms with Crippen LogP contribution >= 0.6 is 0 Å². The van der Waals surface area contributed by atoms with Crippen LogP contribution in [-0.2, 0) is 7.05 Å². The predicted molar refractivity (Wildman–Crippen MR) is 95.9 cm³/mol. The van der Waals surface area contributed by atoms with Gasteiger partial charge in [-0.3, -0.25) is 4.79 Å². The van der Waals surface area contributed by atoms with E-state index in [9.17, 15) is 4.79 Å². The average molecular weight is 309 g/mol. The van der Waals surface area contributed by atoms with Gasteiger partial charge in [-0.25, -0.2) is 0 Å². The topological polar surface area (TPSA) is 31.2 Å². The largest absolute Gasteiger partial charge is 0.482 e. The Labute approximate surface area is 136 Å². The molecule has 1 aromatic heterocycles. The fourth-order valence-corrected chi connectivity index (χ4v) is 3.06. The molecule has 0 saturated carbocycles. The number of aryl methyl sites for hydroxylation is 1. The van der Waals surface area contributed by atoms with Crippen LogP contribution < -0.4 is 10.3 Å². The van der Waals surface area contributed by atoms with E-state index in [1.54, 1.807) is 11.6 Å². The van der Waals surface area contributed by atoms with Gasteiger partial charge in [-0.15, -0.1) is 0 Å². The number of rotatable bonds is 3. The molecule has 0 fully saturated rings. The maximum atomic E-state index is 12.6. The Morgan fingerprint density at radius 3 is 2.78 bits per heavy atom. The number of fused-ring (bicyclic) bond motifs is 3. The van der Waals surface area contributed by atoms with E-state index in [-0.39, 0.29) is 11.2 Å². The minimum atomic E-state index is -0.381. The van der Waals surface area contributed by atoms with E-state index >= 15 is 0 Å². The molecule has 0 N–H and O–H groups in total. The van der Waals surface area contributed by atoms with Crippen LogP contribution in [0, 0.1) is 0 Å². The lowest BCUT2D eigenvalue weighted by Crippen LogP contribution is -2.34. The SMILES string of the molecule is CC(C)=CCC[C@@]1(C)C=Cc2c(c3ccccc3n(C)c2=O)O1. The van der Waals surface area contributed by atoms with Crippen molar-refractivity contribution in [3.8, 4) is 5.75 Å². The lowest BCUT2D eigenvalue weighted by molar-refractivity contribution is 0.130. The van der Waals surface area contributed by atoms with Crippen molar-refractivity contribution in [1.29, 1.82) is 0 Å². The molecule has 1 atom stereocenters. The number of nitrogens with zero attached hydrogens (tertiary/aromatic N) is 1. The Kier molecular flexibility index (Phi) is 3.88. The number of pyridine rings is 1. The normalized spacial score (nSPS) is 19.3. The molecule has 3 rings (SSSR count). The van der Waals surface area contributed by atoms with Crippen LogP contribution in [-0.4, -0.2) is 10.2 Å². The molecule has 0 amide bonds. The molecule has 0 spiro atoms. The number of para-hydroxylation sites is 1. The molecule has 0 radical (unpaired) electrons. The number of hydrogen-bond acceptors (Lipinski definition) is 2. The number of benzene rings is 1. The molecule has 1 aromatic carbocycles. The number of hydrogen-bond donors (Lipinski definition) is 0. The quantitative estimate of drug-likeness (QED) is 0.784. The third-order valence-electron chi connectivity index (χ3n) is 4.42. The highest BCUT2D eigenvalue weighted by Gasteiger charge is 2.29. The summed E-state index contributed by atoms with van der Waals surface area (Å²) < 4.78 is 8.01. The summed E-state index contributed by atoms with van der Waals surface area (Å²) in [5.74, 6) is 0.714. The summed E-state index contributed by atoms with van der Waals surface area (Å²) in [5.41, 5.74) is 2.46. The third kappa shape index (κ3) is 2.83. The van der Waals surface area contributed by atoms with Gasteiger partial charge in [0.25, 0.3) is 5.56 Å². The van der Waals surface area contributed by atoms with Gasteiger partial charge in [0.2, 0.25) is 0 Å². The van der Waals surface area contributed by atoms with Crippen molar-refractivity contribution in [3.05, 3.63) is 57.9 Å². The molecule has 2 aromatic rings. The van der Waals surface area contributed by atoms with Gasteiger partial charge in [-0.05, 0) is 57.9 Å². The maximum Gasteiger partial charge on any atom is 0.261 e. The molecule has 1 aliphatic heterocycles. The van der Waals surface area contributed by atoms with Gasteiger partial charge < -0.3 is 9.30 Å². The lowest BCUT2D eigenvalue weighted by atomic mass is 9.94. The van der Waals surface area contributed by atoms with Crippen molar-refractivity contribution < 1.29 is 4.74 Å². The van der Waals surface area contributed by atoms with Crippen molar-refractivity contribution in [2.24, 2.45) is 7.05 Å². The standard InChI is InChI=1S/C20H23NO2/c1-14(2)8-7-12-20(3)13-11-16-18(23-20)15-9-5-6-10-17(15)21(4)19(16)22/h5-6,8-11,13H,7,12H2,1-4H3/t20-/m0/s1. The number of ether oxygens (including phenoxy) is 1. The monoisotopic (exact) mass is 309 g/mol. The first-order valence-electron chi connectivity index (χ1n) is 8.05. The molecule has 0 unspecified atom stereocenters. The second-order valence-corrected chi connectivity index (χ2v) is 6.69. The maximum absolute atomic E-state index is 12.6. The van der Waals surface area contributed by atoms with Gasteiger partial charge in [0.1, 0.15) is 11.4 Å². The van der Waals surface area contributed by atoms with E-state index in [1.807, 2.05) is 36.4 Å². The highest BCUT2D eigenvalue weighted by molar-refractivity contribution is 5.89. The lowest BCUT2D eigenvalue weighted by Gasteiger charge is -2.32. The first kappa shape index (κ1) is 15.6. The minimum absolute atomic E-state index is 0.0127. The first-order chi connectivity index (χ1) is 10.9. The van der Waals surface area contributed by atoms with E-state index in [1.165, 1.54) is 5.57 Å². The number of aromatic nitrogens is 1. The van der Waals surface area contributed by atoms with E-state index in [4.69, 9.17) is 4.74 Å². The van der Waals surface area contributed by atoms with Crippen molar-refractivity contribution in [1.82, 2.24) is 4.57 Å². The summed E-state index contributed by atoms with van der Waals surface area (Å²) in [6.07, 6.45) is 8.01. The molecule has 0 bridgehead atoms. The summed E-state index contributed by atoms with van der Waals surface area (Å²) in [6, 6.07) is 7.90. The Balaban J connectivity index is 2.07. The molecule has 120 valence electrons. The zero-order valence-corrected chi connectivity index (χ0v) is 14.2. The predicted octanol–water partition coefficient (Wildman–Crippen LogP) is 4.45.